The van der Waals surface area contributed by atoms with Crippen molar-refractivity contribution in [2.75, 3.05) is 51.8 Å². The van der Waals surface area contributed by atoms with Crippen molar-refractivity contribution in [3.05, 3.63) is 41.6 Å². The summed E-state index contributed by atoms with van der Waals surface area (Å²) in [6.07, 6.45) is 1.22. The molecule has 1 unspecified atom stereocenters. The van der Waals surface area contributed by atoms with Gasteiger partial charge in [0.05, 0.1) is 22.7 Å². The van der Waals surface area contributed by atoms with Gasteiger partial charge in [-0.2, -0.15) is 15.1 Å². The summed E-state index contributed by atoms with van der Waals surface area (Å²) in [6.45, 7) is 5.28. The lowest BCUT2D eigenvalue weighted by atomic mass is 9.95. The van der Waals surface area contributed by atoms with Gasteiger partial charge in [-0.3, -0.25) is 5.10 Å². The second-order valence-electron chi connectivity index (χ2n) is 11.4. The number of benzene rings is 2. The standard InChI is InChI=1S/C28H31F4N7O/c1-15-5-6-20-18(10-34-37-20)21(15)22-19(29)9-17-24(23(22)30)35-26(36-25(17)39-8-7-33-16(2)11-39)40-14-27(13-38(3)4)12-28(27,31)32/h5-6,9-10,16,33H,7-8,11-14H2,1-4H3,(H,34,37)/t16?,27-/m1/s1. The van der Waals surface area contributed by atoms with Crippen LogP contribution in [-0.2, 0) is 0 Å². The van der Waals surface area contributed by atoms with Crippen LogP contribution in [0.5, 0.6) is 6.01 Å². The molecule has 2 N–H and O–H groups in total. The third kappa shape index (κ3) is 4.43. The second-order valence-corrected chi connectivity index (χ2v) is 11.4. The van der Waals surface area contributed by atoms with Crippen molar-refractivity contribution in [1.82, 2.24) is 30.4 Å². The Hall–Kier alpha value is -3.51. The van der Waals surface area contributed by atoms with Crippen LogP contribution in [0.2, 0.25) is 0 Å². The normalized spacial score (nSPS) is 22.4. The Morgan fingerprint density at radius 1 is 1.15 bits per heavy atom. The minimum Gasteiger partial charge on any atom is -0.463 e. The van der Waals surface area contributed by atoms with Crippen molar-refractivity contribution in [2.45, 2.75) is 32.2 Å². The number of aromatic nitrogens is 4. The number of hydrogen-bond acceptors (Lipinski definition) is 7. The van der Waals surface area contributed by atoms with Crippen LogP contribution in [-0.4, -0.2) is 83.9 Å². The summed E-state index contributed by atoms with van der Waals surface area (Å²) in [7, 11) is 3.45. The van der Waals surface area contributed by atoms with Crippen LogP contribution >= 0.6 is 0 Å². The van der Waals surface area contributed by atoms with E-state index in [-0.39, 0.29) is 48.1 Å². The van der Waals surface area contributed by atoms with Crippen LogP contribution in [0, 0.1) is 24.0 Å². The SMILES string of the molecule is Cc1ccc2[nH]ncc2c1-c1c(F)cc2c(N3CCNC(C)C3)nc(OC[C@]3(CN(C)C)CC3(F)F)nc2c1F. The maximum Gasteiger partial charge on any atom is 0.319 e. The number of halogens is 4. The van der Waals surface area contributed by atoms with Gasteiger partial charge in [0.15, 0.2) is 5.82 Å². The van der Waals surface area contributed by atoms with Crippen molar-refractivity contribution < 1.29 is 22.3 Å². The van der Waals surface area contributed by atoms with E-state index in [1.54, 1.807) is 38.1 Å². The molecule has 12 heteroatoms. The molecule has 3 heterocycles. The lowest BCUT2D eigenvalue weighted by Crippen LogP contribution is -2.49. The number of fused-ring (bicyclic) bond motifs is 2. The molecule has 2 aromatic carbocycles. The fourth-order valence-electron chi connectivity index (χ4n) is 5.84. The van der Waals surface area contributed by atoms with Crippen LogP contribution in [0.25, 0.3) is 32.9 Å². The largest absolute Gasteiger partial charge is 0.463 e. The summed E-state index contributed by atoms with van der Waals surface area (Å²) in [4.78, 5) is 12.5. The molecule has 0 amide bonds. The van der Waals surface area contributed by atoms with Gasteiger partial charge >= 0.3 is 6.01 Å². The molecule has 6 rings (SSSR count). The van der Waals surface area contributed by atoms with Crippen molar-refractivity contribution in [1.29, 1.82) is 0 Å². The van der Waals surface area contributed by atoms with Gasteiger partial charge < -0.3 is 19.9 Å². The van der Waals surface area contributed by atoms with Crippen LogP contribution in [0.4, 0.5) is 23.4 Å². The van der Waals surface area contributed by atoms with Crippen molar-refractivity contribution >= 4 is 27.6 Å². The third-order valence-electron chi connectivity index (χ3n) is 7.90. The third-order valence-corrected chi connectivity index (χ3v) is 7.90. The van der Waals surface area contributed by atoms with E-state index in [0.717, 1.165) is 0 Å². The second kappa shape index (κ2) is 9.55. The van der Waals surface area contributed by atoms with Gasteiger partial charge in [-0.1, -0.05) is 6.07 Å². The summed E-state index contributed by atoms with van der Waals surface area (Å²) >= 11 is 0. The summed E-state index contributed by atoms with van der Waals surface area (Å²) in [5.74, 6) is -4.21. The average Bonchev–Trinajstić information content (AvgIpc) is 3.19. The topological polar surface area (TPSA) is 82.2 Å². The van der Waals surface area contributed by atoms with Crippen LogP contribution in [0.15, 0.2) is 24.4 Å². The summed E-state index contributed by atoms with van der Waals surface area (Å²) in [5.41, 5.74) is -0.0819. The molecular formula is C28H31F4N7O. The van der Waals surface area contributed by atoms with E-state index in [1.165, 1.54) is 12.3 Å². The molecule has 1 aliphatic heterocycles. The van der Waals surface area contributed by atoms with E-state index in [4.69, 9.17) is 4.74 Å². The first kappa shape index (κ1) is 26.7. The fourth-order valence-corrected chi connectivity index (χ4v) is 5.84. The molecule has 0 spiro atoms. The first-order chi connectivity index (χ1) is 19.0. The molecule has 2 fully saturated rings. The maximum atomic E-state index is 16.4. The zero-order chi connectivity index (χ0) is 28.4. The number of aryl methyl sites for hydroxylation is 1. The molecule has 0 bridgehead atoms. The van der Waals surface area contributed by atoms with E-state index in [2.05, 4.69) is 25.5 Å². The van der Waals surface area contributed by atoms with E-state index in [0.29, 0.717) is 47.5 Å². The molecule has 1 aliphatic carbocycles. The highest BCUT2D eigenvalue weighted by Crippen LogP contribution is 2.60. The average molecular weight is 558 g/mol. The number of H-pyrrole nitrogens is 1. The number of alkyl halides is 2. The van der Waals surface area contributed by atoms with E-state index >= 15 is 8.78 Å². The monoisotopic (exact) mass is 557 g/mol. The number of aromatic amines is 1. The highest BCUT2D eigenvalue weighted by Gasteiger charge is 2.71. The van der Waals surface area contributed by atoms with E-state index in [1.807, 2.05) is 11.8 Å². The molecule has 2 aromatic heterocycles. The Kier molecular flexibility index (Phi) is 6.37. The predicted octanol–water partition coefficient (Wildman–Crippen LogP) is 4.52. The van der Waals surface area contributed by atoms with Crippen molar-refractivity contribution in [3.63, 3.8) is 0 Å². The van der Waals surface area contributed by atoms with Crippen LogP contribution < -0.4 is 15.0 Å². The maximum absolute atomic E-state index is 16.4. The number of nitrogens with zero attached hydrogens (tertiary/aromatic N) is 5. The first-order valence-corrected chi connectivity index (χ1v) is 13.3. The molecule has 1 saturated heterocycles. The number of anilines is 1. The predicted molar refractivity (Wildman–Crippen MR) is 145 cm³/mol. The Balaban J connectivity index is 1.50. The minimum absolute atomic E-state index is 0.104. The first-order valence-electron chi connectivity index (χ1n) is 13.3. The molecular weight excluding hydrogens is 526 g/mol. The molecule has 0 radical (unpaired) electrons. The lowest BCUT2D eigenvalue weighted by molar-refractivity contribution is 0.0288. The van der Waals surface area contributed by atoms with Crippen LogP contribution in [0.1, 0.15) is 18.9 Å². The Labute approximate surface area is 228 Å². The summed E-state index contributed by atoms with van der Waals surface area (Å²) in [6, 6.07) is 4.70. The number of piperazine rings is 1. The van der Waals surface area contributed by atoms with Gasteiger partial charge in [0.1, 0.15) is 23.8 Å². The minimum atomic E-state index is -2.88. The van der Waals surface area contributed by atoms with E-state index in [9.17, 15) is 8.78 Å². The van der Waals surface area contributed by atoms with Gasteiger partial charge in [-0.15, -0.1) is 0 Å². The summed E-state index contributed by atoms with van der Waals surface area (Å²) < 4.78 is 66.9. The molecule has 2 aliphatic rings. The smallest absolute Gasteiger partial charge is 0.319 e. The number of ether oxygens (including phenoxy) is 1. The van der Waals surface area contributed by atoms with Gasteiger partial charge in [0.2, 0.25) is 0 Å². The van der Waals surface area contributed by atoms with Gasteiger partial charge in [0.25, 0.3) is 5.92 Å². The van der Waals surface area contributed by atoms with E-state index < -0.39 is 23.0 Å². The molecule has 8 nitrogen and oxygen atoms in total. The molecule has 2 atom stereocenters. The zero-order valence-electron chi connectivity index (χ0n) is 22.8. The lowest BCUT2D eigenvalue weighted by Gasteiger charge is -2.33. The molecule has 40 heavy (non-hydrogen) atoms. The quantitative estimate of drug-likeness (QED) is 0.324. The van der Waals surface area contributed by atoms with Crippen molar-refractivity contribution in [3.8, 4) is 17.1 Å². The Bertz CT molecular complexity index is 1610. The highest BCUT2D eigenvalue weighted by molar-refractivity contribution is 6.00. The van der Waals surface area contributed by atoms with Gasteiger partial charge in [-0.05, 0) is 45.6 Å². The Morgan fingerprint density at radius 3 is 2.62 bits per heavy atom. The highest BCUT2D eigenvalue weighted by atomic mass is 19.3. The molecule has 1 saturated carbocycles. The molecule has 212 valence electrons. The number of nitrogens with one attached hydrogen (secondary N) is 2. The summed E-state index contributed by atoms with van der Waals surface area (Å²) in [5, 5.41) is 11.0. The number of rotatable bonds is 7. The zero-order valence-corrected chi connectivity index (χ0v) is 22.8. The Morgan fingerprint density at radius 2 is 1.93 bits per heavy atom. The van der Waals surface area contributed by atoms with Gasteiger partial charge in [0, 0.05) is 55.0 Å². The van der Waals surface area contributed by atoms with Gasteiger partial charge in [-0.25, -0.2) is 17.6 Å². The number of hydrogen-bond donors (Lipinski definition) is 2. The van der Waals surface area contributed by atoms with Crippen molar-refractivity contribution in [2.24, 2.45) is 5.41 Å². The molecule has 4 aromatic rings. The van der Waals surface area contributed by atoms with Crippen LogP contribution in [0.3, 0.4) is 0 Å². The fraction of sp³-hybridized carbons (Fsp3) is 0.464.